The lowest BCUT2D eigenvalue weighted by molar-refractivity contribution is -0.131. The number of hydrogen-bond acceptors (Lipinski definition) is 2. The normalized spacial score (nSPS) is 20.5. The maximum Gasteiger partial charge on any atom is 0.224 e. The van der Waals surface area contributed by atoms with Gasteiger partial charge in [0.2, 0.25) is 5.91 Å². The molecule has 1 rings (SSSR count). The summed E-state index contributed by atoms with van der Waals surface area (Å²) in [6.07, 6.45) is 7.60. The van der Waals surface area contributed by atoms with E-state index in [1.165, 1.54) is 19.3 Å². The van der Waals surface area contributed by atoms with Crippen LogP contribution in [0.25, 0.3) is 0 Å². The van der Waals surface area contributed by atoms with Gasteiger partial charge in [-0.15, -0.1) is 0 Å². The van der Waals surface area contributed by atoms with Crippen LogP contribution in [0.15, 0.2) is 0 Å². The molecular weight excluding hydrogens is 188 g/mol. The van der Waals surface area contributed by atoms with E-state index in [9.17, 15) is 4.79 Å². The first-order valence-corrected chi connectivity index (χ1v) is 6.27. The molecule has 0 saturated carbocycles. The number of amides is 1. The van der Waals surface area contributed by atoms with Crippen LogP contribution in [0.5, 0.6) is 0 Å². The maximum atomic E-state index is 11.9. The van der Waals surface area contributed by atoms with Crippen LogP contribution in [0.3, 0.4) is 0 Å². The Balaban J connectivity index is 2.34. The molecule has 88 valence electrons. The van der Waals surface area contributed by atoms with E-state index in [0.29, 0.717) is 6.42 Å². The average Bonchev–Trinajstić information content (AvgIpc) is 2.16. The lowest BCUT2D eigenvalue weighted by atomic mass is 10.1. The summed E-state index contributed by atoms with van der Waals surface area (Å²) in [5.74, 6) is 0.256. The highest BCUT2D eigenvalue weighted by Crippen LogP contribution is 2.12. The van der Waals surface area contributed by atoms with Crippen molar-refractivity contribution in [1.29, 1.82) is 0 Å². The topological polar surface area (TPSA) is 46.3 Å². The molecule has 1 aliphatic rings. The summed E-state index contributed by atoms with van der Waals surface area (Å²) in [4.78, 5) is 13.9. The van der Waals surface area contributed by atoms with Crippen molar-refractivity contribution >= 4 is 5.91 Å². The number of nitrogens with two attached hydrogens (primary N) is 1. The third kappa shape index (κ3) is 4.65. The molecule has 0 aliphatic carbocycles. The fraction of sp³-hybridized carbons (Fsp3) is 0.917. The Morgan fingerprint density at radius 1 is 1.20 bits per heavy atom. The lowest BCUT2D eigenvalue weighted by Gasteiger charge is -2.25. The monoisotopic (exact) mass is 212 g/mol. The highest BCUT2D eigenvalue weighted by Gasteiger charge is 2.16. The van der Waals surface area contributed by atoms with Crippen molar-refractivity contribution in [2.45, 2.75) is 57.9 Å². The van der Waals surface area contributed by atoms with Crippen LogP contribution < -0.4 is 5.73 Å². The number of nitrogens with zero attached hydrogens (tertiary/aromatic N) is 1. The molecule has 0 radical (unpaired) electrons. The Hall–Kier alpha value is -0.570. The SMILES string of the molecule is CCC(N)CC(=O)N1CCCCCCC1. The van der Waals surface area contributed by atoms with Crippen LogP contribution in [-0.4, -0.2) is 29.9 Å². The summed E-state index contributed by atoms with van der Waals surface area (Å²) in [6, 6.07) is 0.0444. The van der Waals surface area contributed by atoms with Crippen LogP contribution in [0.2, 0.25) is 0 Å². The van der Waals surface area contributed by atoms with E-state index < -0.39 is 0 Å². The molecule has 1 saturated heterocycles. The number of likely N-dealkylation sites (tertiary alicyclic amines) is 1. The minimum absolute atomic E-state index is 0.0444. The predicted molar refractivity (Wildman–Crippen MR) is 62.5 cm³/mol. The lowest BCUT2D eigenvalue weighted by Crippen LogP contribution is -2.37. The molecule has 1 heterocycles. The zero-order chi connectivity index (χ0) is 11.1. The Morgan fingerprint density at radius 3 is 2.27 bits per heavy atom. The summed E-state index contributed by atoms with van der Waals surface area (Å²) in [5, 5.41) is 0. The van der Waals surface area contributed by atoms with Crippen LogP contribution in [0.4, 0.5) is 0 Å². The summed E-state index contributed by atoms with van der Waals surface area (Å²) in [5.41, 5.74) is 5.80. The molecule has 0 aromatic heterocycles. The number of carbonyl (C=O) groups excluding carboxylic acids is 1. The first-order chi connectivity index (χ1) is 7.24. The molecule has 1 unspecified atom stereocenters. The van der Waals surface area contributed by atoms with E-state index in [0.717, 1.165) is 32.4 Å². The standard InChI is InChI=1S/C12H24N2O/c1-2-11(13)10-12(15)14-8-6-4-3-5-7-9-14/h11H,2-10,13H2,1H3. The van der Waals surface area contributed by atoms with E-state index in [-0.39, 0.29) is 11.9 Å². The number of hydrogen-bond donors (Lipinski definition) is 1. The second-order valence-corrected chi connectivity index (χ2v) is 4.52. The van der Waals surface area contributed by atoms with Gasteiger partial charge in [-0.05, 0) is 19.3 Å². The fourth-order valence-corrected chi connectivity index (χ4v) is 1.99. The highest BCUT2D eigenvalue weighted by atomic mass is 16.2. The second kappa shape index (κ2) is 6.83. The molecule has 1 atom stereocenters. The van der Waals surface area contributed by atoms with Crippen LogP contribution in [-0.2, 0) is 4.79 Å². The van der Waals surface area contributed by atoms with Gasteiger partial charge in [-0.1, -0.05) is 26.2 Å². The largest absolute Gasteiger partial charge is 0.343 e. The summed E-state index contributed by atoms with van der Waals surface area (Å²) < 4.78 is 0. The van der Waals surface area contributed by atoms with Gasteiger partial charge in [0.15, 0.2) is 0 Å². The third-order valence-electron chi connectivity index (χ3n) is 3.17. The van der Waals surface area contributed by atoms with Gasteiger partial charge in [-0.3, -0.25) is 4.79 Å². The van der Waals surface area contributed by atoms with Crippen LogP contribution in [0, 0.1) is 0 Å². The van der Waals surface area contributed by atoms with E-state index in [1.54, 1.807) is 0 Å². The zero-order valence-corrected chi connectivity index (χ0v) is 9.87. The van der Waals surface area contributed by atoms with Gasteiger partial charge in [0, 0.05) is 25.6 Å². The Kier molecular flexibility index (Phi) is 5.69. The van der Waals surface area contributed by atoms with Crippen molar-refractivity contribution in [3.63, 3.8) is 0 Å². The van der Waals surface area contributed by atoms with Crippen molar-refractivity contribution in [3.05, 3.63) is 0 Å². The van der Waals surface area contributed by atoms with Gasteiger partial charge in [-0.2, -0.15) is 0 Å². The first kappa shape index (κ1) is 12.5. The van der Waals surface area contributed by atoms with Gasteiger partial charge in [-0.25, -0.2) is 0 Å². The minimum atomic E-state index is 0.0444. The van der Waals surface area contributed by atoms with Crippen molar-refractivity contribution in [3.8, 4) is 0 Å². The van der Waals surface area contributed by atoms with E-state index in [1.807, 2.05) is 11.8 Å². The smallest absolute Gasteiger partial charge is 0.224 e. The molecule has 15 heavy (non-hydrogen) atoms. The average molecular weight is 212 g/mol. The van der Waals surface area contributed by atoms with Gasteiger partial charge in [0.25, 0.3) is 0 Å². The molecule has 0 bridgehead atoms. The van der Waals surface area contributed by atoms with Crippen molar-refractivity contribution in [1.82, 2.24) is 4.90 Å². The van der Waals surface area contributed by atoms with Gasteiger partial charge < -0.3 is 10.6 Å². The fourth-order valence-electron chi connectivity index (χ4n) is 1.99. The second-order valence-electron chi connectivity index (χ2n) is 4.52. The maximum absolute atomic E-state index is 11.9. The third-order valence-corrected chi connectivity index (χ3v) is 3.17. The molecular formula is C12H24N2O. The van der Waals surface area contributed by atoms with Gasteiger partial charge in [0.05, 0.1) is 0 Å². The summed E-state index contributed by atoms with van der Waals surface area (Å²) >= 11 is 0. The molecule has 3 nitrogen and oxygen atoms in total. The van der Waals surface area contributed by atoms with E-state index in [4.69, 9.17) is 5.73 Å². The number of carbonyl (C=O) groups is 1. The van der Waals surface area contributed by atoms with Crippen molar-refractivity contribution < 1.29 is 4.79 Å². The molecule has 0 aromatic rings. The van der Waals surface area contributed by atoms with Gasteiger partial charge in [0.1, 0.15) is 0 Å². The minimum Gasteiger partial charge on any atom is -0.343 e. The molecule has 0 spiro atoms. The Bertz CT molecular complexity index is 186. The molecule has 1 aliphatic heterocycles. The van der Waals surface area contributed by atoms with Gasteiger partial charge >= 0.3 is 0 Å². The Morgan fingerprint density at radius 2 is 1.73 bits per heavy atom. The molecule has 1 amide bonds. The molecule has 3 heteroatoms. The predicted octanol–water partition coefficient (Wildman–Crippen LogP) is 1.91. The molecule has 1 fully saturated rings. The Labute approximate surface area is 93.0 Å². The van der Waals surface area contributed by atoms with E-state index >= 15 is 0 Å². The quantitative estimate of drug-likeness (QED) is 0.776. The highest BCUT2D eigenvalue weighted by molar-refractivity contribution is 5.76. The van der Waals surface area contributed by atoms with Crippen molar-refractivity contribution in [2.75, 3.05) is 13.1 Å². The summed E-state index contributed by atoms with van der Waals surface area (Å²) in [6.45, 7) is 3.91. The van der Waals surface area contributed by atoms with Crippen molar-refractivity contribution in [2.24, 2.45) is 5.73 Å². The number of rotatable bonds is 3. The van der Waals surface area contributed by atoms with Crippen LogP contribution >= 0.6 is 0 Å². The zero-order valence-electron chi connectivity index (χ0n) is 9.87. The molecule has 0 aromatic carbocycles. The first-order valence-electron chi connectivity index (χ1n) is 6.27. The molecule has 2 N–H and O–H groups in total. The van der Waals surface area contributed by atoms with Crippen LogP contribution in [0.1, 0.15) is 51.9 Å². The summed E-state index contributed by atoms with van der Waals surface area (Å²) in [7, 11) is 0. The van der Waals surface area contributed by atoms with E-state index in [2.05, 4.69) is 0 Å².